The Kier molecular flexibility index (Phi) is 7.97. The van der Waals surface area contributed by atoms with E-state index >= 15 is 0 Å². The first-order valence-electron chi connectivity index (χ1n) is 13.1. The van der Waals surface area contributed by atoms with Crippen molar-refractivity contribution in [2.45, 2.75) is 49.7 Å². The van der Waals surface area contributed by atoms with Crippen LogP contribution in [0, 0.1) is 11.0 Å². The average Bonchev–Trinajstić information content (AvgIpc) is 3.32. The van der Waals surface area contributed by atoms with Crippen LogP contribution in [-0.2, 0) is 14.4 Å². The predicted molar refractivity (Wildman–Crippen MR) is 146 cm³/mol. The molecule has 1 aromatic carbocycles. The van der Waals surface area contributed by atoms with Crippen molar-refractivity contribution in [1.82, 2.24) is 10.3 Å². The number of primary amides is 1. The summed E-state index contributed by atoms with van der Waals surface area (Å²) >= 11 is 6.45. The smallest absolute Gasteiger partial charge is 0.310 e. The van der Waals surface area contributed by atoms with Gasteiger partial charge in [0.1, 0.15) is 11.9 Å². The van der Waals surface area contributed by atoms with Crippen molar-refractivity contribution in [3.8, 4) is 0 Å². The molecule has 1 aliphatic heterocycles. The van der Waals surface area contributed by atoms with Crippen LogP contribution in [-0.4, -0.2) is 46.6 Å². The van der Waals surface area contributed by atoms with Gasteiger partial charge in [0.2, 0.25) is 11.8 Å². The zero-order valence-electron chi connectivity index (χ0n) is 22.3. The minimum atomic E-state index is -2.96. The van der Waals surface area contributed by atoms with Gasteiger partial charge in [-0.25, -0.2) is 22.7 Å². The number of aromatic nitrogens is 2. The number of benzene rings is 1. The van der Waals surface area contributed by atoms with Crippen LogP contribution in [0.15, 0.2) is 61.1 Å². The predicted octanol–water partition coefficient (Wildman–Crippen LogP) is 2.79. The molecule has 0 radical (unpaired) electrons. The zero-order chi connectivity index (χ0) is 31.1. The van der Waals surface area contributed by atoms with E-state index in [0.717, 1.165) is 46.6 Å². The van der Waals surface area contributed by atoms with Gasteiger partial charge in [-0.15, -0.1) is 0 Å². The summed E-state index contributed by atoms with van der Waals surface area (Å²) in [6.07, 6.45) is 1.38. The van der Waals surface area contributed by atoms with Gasteiger partial charge in [0, 0.05) is 48.0 Å². The lowest BCUT2D eigenvalue weighted by atomic mass is 9.87. The van der Waals surface area contributed by atoms with Gasteiger partial charge in [0.15, 0.2) is 6.04 Å². The largest absolute Gasteiger partial charge is 0.711 e. The Hall–Kier alpha value is -4.72. The first-order chi connectivity index (χ1) is 20.4. The van der Waals surface area contributed by atoms with E-state index in [9.17, 15) is 37.6 Å². The molecule has 1 saturated heterocycles. The number of hydrogen-bond acceptors (Lipinski definition) is 6. The number of alkyl halides is 2. The van der Waals surface area contributed by atoms with Gasteiger partial charge < -0.3 is 16.3 Å². The highest BCUT2D eigenvalue weighted by molar-refractivity contribution is 6.31. The van der Waals surface area contributed by atoms with Crippen LogP contribution in [0.25, 0.3) is 0 Å². The number of amides is 4. The van der Waals surface area contributed by atoms with E-state index in [1.54, 1.807) is 6.07 Å². The summed E-state index contributed by atoms with van der Waals surface area (Å²) in [6.45, 7) is 0. The highest BCUT2D eigenvalue weighted by Gasteiger charge is 2.51. The summed E-state index contributed by atoms with van der Waals surface area (Å²) in [5, 5.41) is 15.3. The summed E-state index contributed by atoms with van der Waals surface area (Å²) in [5.41, 5.74) is 5.12. The van der Waals surface area contributed by atoms with Gasteiger partial charge in [-0.1, -0.05) is 29.8 Å². The van der Waals surface area contributed by atoms with E-state index in [2.05, 4.69) is 10.3 Å². The summed E-state index contributed by atoms with van der Waals surface area (Å²) in [4.78, 5) is 58.7. The molecule has 43 heavy (non-hydrogen) atoms. The topological polar surface area (TPSA) is 153 Å². The van der Waals surface area contributed by atoms with Crippen LogP contribution in [0.4, 0.5) is 24.7 Å². The van der Waals surface area contributed by atoms with Crippen LogP contribution in [0.1, 0.15) is 47.6 Å². The average molecular weight is 617 g/mol. The molecule has 1 saturated carbocycles. The molecule has 2 fully saturated rings. The summed E-state index contributed by atoms with van der Waals surface area (Å²) in [7, 11) is 0. The summed E-state index contributed by atoms with van der Waals surface area (Å²) in [5.74, 6) is -7.54. The molecular formula is C28H24ClF3N6O5. The van der Waals surface area contributed by atoms with E-state index < -0.39 is 66.3 Å². The van der Waals surface area contributed by atoms with Crippen molar-refractivity contribution in [2.75, 3.05) is 9.80 Å². The molecule has 3 aromatic rings. The van der Waals surface area contributed by atoms with Crippen molar-refractivity contribution in [3.63, 3.8) is 0 Å². The molecule has 5 rings (SSSR count). The lowest BCUT2D eigenvalue weighted by molar-refractivity contribution is -0.591. The standard InChI is InChI=1S/C28H24ClF3N6O5/c29-20-4-2-1-3-19(20)24(26(41)35-17-11-28(31,32)12-17)37(18-10-16(30)13-34-14-18)27(42)21-5-6-23(39)38(21)22-9-15(25(33)40)7-8-36(22)43/h1-4,7-10,13-14,17,21,24H,5-6,11-12H2,(H2,33,40)(H,35,41)/t21-,24?/m0/s1. The number of hydrogen-bond donors (Lipinski definition) is 2. The number of halogens is 4. The molecule has 1 aliphatic carbocycles. The third-order valence-corrected chi connectivity index (χ3v) is 7.62. The Bertz CT molecular complexity index is 1620. The van der Waals surface area contributed by atoms with Crippen molar-refractivity contribution >= 4 is 46.7 Å². The Morgan fingerprint density at radius 1 is 1.19 bits per heavy atom. The molecule has 0 spiro atoms. The number of carbonyl (C=O) groups is 4. The van der Waals surface area contributed by atoms with Gasteiger partial charge in [-0.2, -0.15) is 4.90 Å². The number of rotatable bonds is 8. The lowest BCUT2D eigenvalue weighted by Gasteiger charge is -2.38. The second-order valence-electron chi connectivity index (χ2n) is 10.2. The zero-order valence-corrected chi connectivity index (χ0v) is 23.0. The molecule has 3 heterocycles. The minimum Gasteiger partial charge on any atom is -0.711 e. The molecule has 3 N–H and O–H groups in total. The second-order valence-corrected chi connectivity index (χ2v) is 10.7. The number of pyridine rings is 2. The Labute approximate surface area is 247 Å². The van der Waals surface area contributed by atoms with Crippen molar-refractivity contribution in [1.29, 1.82) is 0 Å². The quantitative estimate of drug-likeness (QED) is 0.293. The lowest BCUT2D eigenvalue weighted by Crippen LogP contribution is -2.56. The molecule has 2 aliphatic rings. The highest BCUT2D eigenvalue weighted by atomic mass is 35.5. The molecule has 1 unspecified atom stereocenters. The van der Waals surface area contributed by atoms with E-state index in [0.29, 0.717) is 0 Å². The maximum atomic E-state index is 14.5. The molecule has 11 nitrogen and oxygen atoms in total. The fourth-order valence-electron chi connectivity index (χ4n) is 5.24. The highest BCUT2D eigenvalue weighted by Crippen LogP contribution is 2.39. The number of nitrogens with one attached hydrogen (secondary N) is 1. The van der Waals surface area contributed by atoms with Crippen LogP contribution in [0.3, 0.4) is 0 Å². The molecule has 4 amide bonds. The Morgan fingerprint density at radius 2 is 1.91 bits per heavy atom. The first kappa shape index (κ1) is 29.8. The molecular weight excluding hydrogens is 593 g/mol. The molecule has 2 atom stereocenters. The first-order valence-corrected chi connectivity index (χ1v) is 13.5. The van der Waals surface area contributed by atoms with Crippen molar-refractivity contribution in [3.05, 3.63) is 88.2 Å². The van der Waals surface area contributed by atoms with Crippen molar-refractivity contribution < 1.29 is 37.1 Å². The minimum absolute atomic E-state index is 0.0367. The Balaban J connectivity index is 1.62. The second kappa shape index (κ2) is 11.5. The molecule has 2 aromatic heterocycles. The summed E-state index contributed by atoms with van der Waals surface area (Å²) < 4.78 is 42.0. The number of anilines is 2. The van der Waals surface area contributed by atoms with E-state index in [-0.39, 0.29) is 45.2 Å². The van der Waals surface area contributed by atoms with Gasteiger partial charge in [0.25, 0.3) is 17.6 Å². The normalized spacial score (nSPS) is 18.6. The van der Waals surface area contributed by atoms with Gasteiger partial charge >= 0.3 is 5.91 Å². The SMILES string of the molecule is NC(=O)c1cc[n+]([O-])c(N2C(=O)CC[C@H]2C(=O)N(c2cncc(F)c2)C(C(=O)NC2CC(F)(F)C2)c2ccccc2Cl)c1. The molecule has 224 valence electrons. The van der Waals surface area contributed by atoms with E-state index in [1.165, 1.54) is 18.2 Å². The fourth-order valence-corrected chi connectivity index (χ4v) is 5.48. The molecule has 15 heteroatoms. The van der Waals surface area contributed by atoms with Crippen LogP contribution in [0.2, 0.25) is 5.02 Å². The number of nitrogens with zero attached hydrogens (tertiary/aromatic N) is 4. The van der Waals surface area contributed by atoms with Crippen LogP contribution >= 0.6 is 11.6 Å². The Morgan fingerprint density at radius 3 is 2.56 bits per heavy atom. The van der Waals surface area contributed by atoms with Gasteiger partial charge in [-0.05, 0) is 12.1 Å². The van der Waals surface area contributed by atoms with E-state index in [4.69, 9.17) is 17.3 Å². The van der Waals surface area contributed by atoms with E-state index in [1.807, 2.05) is 0 Å². The van der Waals surface area contributed by atoms with Crippen LogP contribution in [0.5, 0.6) is 0 Å². The maximum Gasteiger partial charge on any atom is 0.310 e. The van der Waals surface area contributed by atoms with Gasteiger partial charge in [0.05, 0.1) is 36.3 Å². The monoisotopic (exact) mass is 616 g/mol. The van der Waals surface area contributed by atoms with Crippen molar-refractivity contribution in [2.24, 2.45) is 5.73 Å². The summed E-state index contributed by atoms with van der Waals surface area (Å²) in [6, 6.07) is 5.17. The van der Waals surface area contributed by atoms with Crippen LogP contribution < -0.4 is 25.6 Å². The fraction of sp³-hybridized carbons (Fsp3) is 0.286. The maximum absolute atomic E-state index is 14.5. The molecule has 0 bridgehead atoms. The number of nitrogens with two attached hydrogens (primary N) is 1. The number of carbonyl (C=O) groups excluding carboxylic acids is 4. The third-order valence-electron chi connectivity index (χ3n) is 7.28. The van der Waals surface area contributed by atoms with Gasteiger partial charge in [-0.3, -0.25) is 24.3 Å². The third kappa shape index (κ3) is 5.95.